The molecule has 0 aliphatic rings. The van der Waals surface area contributed by atoms with Crippen molar-refractivity contribution < 1.29 is 9.53 Å². The molecule has 1 aromatic carbocycles. The van der Waals surface area contributed by atoms with Crippen LogP contribution in [0.5, 0.6) is 5.75 Å². The zero-order chi connectivity index (χ0) is 20.1. The molecule has 1 amide bonds. The number of amides is 1. The number of ether oxygens (including phenoxy) is 1. The highest BCUT2D eigenvalue weighted by Gasteiger charge is 2.22. The number of nitrogens with zero attached hydrogens (tertiary/aromatic N) is 4. The Morgan fingerprint density at radius 1 is 1.21 bits per heavy atom. The molecule has 8 heteroatoms. The van der Waals surface area contributed by atoms with Gasteiger partial charge in [-0.2, -0.15) is 5.10 Å². The average Bonchev–Trinajstić information content (AvgIpc) is 3.13. The molecule has 0 saturated heterocycles. The molecule has 0 bridgehead atoms. The third kappa shape index (κ3) is 4.11. The predicted octanol–water partition coefficient (Wildman–Crippen LogP) is 1.91. The zero-order valence-corrected chi connectivity index (χ0v) is 16.1. The van der Waals surface area contributed by atoms with E-state index in [-0.39, 0.29) is 17.2 Å². The third-order valence-electron chi connectivity index (χ3n) is 4.38. The Balaban J connectivity index is 1.93. The van der Waals surface area contributed by atoms with E-state index in [9.17, 15) is 9.59 Å². The minimum absolute atomic E-state index is 0.181. The van der Waals surface area contributed by atoms with Crippen molar-refractivity contribution in [2.75, 3.05) is 7.11 Å². The minimum Gasteiger partial charge on any atom is -0.497 e. The molecule has 3 aromatic rings. The molecule has 1 N–H and O–H groups in total. The molecule has 0 spiro atoms. The van der Waals surface area contributed by atoms with Gasteiger partial charge in [0.05, 0.1) is 7.11 Å². The first-order valence-electron chi connectivity index (χ1n) is 9.03. The smallest absolute Gasteiger partial charge is 0.272 e. The van der Waals surface area contributed by atoms with Crippen LogP contribution in [-0.4, -0.2) is 32.3 Å². The maximum atomic E-state index is 12.9. The topological polar surface area (TPSA) is 91.0 Å². The van der Waals surface area contributed by atoms with Crippen molar-refractivity contribution in [3.8, 4) is 5.75 Å². The van der Waals surface area contributed by atoms with Gasteiger partial charge in [0, 0.05) is 32.1 Å². The second kappa shape index (κ2) is 8.51. The average molecular weight is 381 g/mol. The van der Waals surface area contributed by atoms with Gasteiger partial charge in [0.2, 0.25) is 0 Å². The molecule has 1 unspecified atom stereocenters. The van der Waals surface area contributed by atoms with Crippen LogP contribution in [0.2, 0.25) is 0 Å². The lowest BCUT2D eigenvalue weighted by molar-refractivity contribution is 0.0933. The van der Waals surface area contributed by atoms with Gasteiger partial charge < -0.3 is 14.6 Å². The van der Waals surface area contributed by atoms with E-state index in [0.717, 1.165) is 17.7 Å². The van der Waals surface area contributed by atoms with E-state index in [1.54, 1.807) is 13.3 Å². The van der Waals surface area contributed by atoms with Crippen LogP contribution in [0.15, 0.2) is 53.6 Å². The molecule has 0 saturated carbocycles. The largest absolute Gasteiger partial charge is 0.497 e. The summed E-state index contributed by atoms with van der Waals surface area (Å²) in [5.41, 5.74) is 0.806. The number of nitrogens with one attached hydrogen (secondary N) is 1. The Bertz CT molecular complexity index is 1010. The Kier molecular flexibility index (Phi) is 5.88. The normalized spacial score (nSPS) is 11.8. The molecule has 28 heavy (non-hydrogen) atoms. The van der Waals surface area contributed by atoms with E-state index in [2.05, 4.69) is 15.4 Å². The van der Waals surface area contributed by atoms with Gasteiger partial charge in [-0.25, -0.2) is 9.67 Å². The van der Waals surface area contributed by atoms with Crippen molar-refractivity contribution in [1.82, 2.24) is 24.6 Å². The van der Waals surface area contributed by atoms with Gasteiger partial charge >= 0.3 is 0 Å². The summed E-state index contributed by atoms with van der Waals surface area (Å²) in [4.78, 5) is 29.1. The maximum absolute atomic E-state index is 12.9. The fourth-order valence-electron chi connectivity index (χ4n) is 2.90. The van der Waals surface area contributed by atoms with Crippen LogP contribution in [0.3, 0.4) is 0 Å². The Labute approximate surface area is 162 Å². The molecule has 2 aromatic heterocycles. The summed E-state index contributed by atoms with van der Waals surface area (Å²) in [5, 5.41) is 7.16. The Hall–Kier alpha value is -3.42. The van der Waals surface area contributed by atoms with Crippen LogP contribution in [0.1, 0.15) is 41.3 Å². The van der Waals surface area contributed by atoms with Crippen molar-refractivity contribution in [3.63, 3.8) is 0 Å². The van der Waals surface area contributed by atoms with Crippen molar-refractivity contribution in [3.05, 3.63) is 76.2 Å². The first kappa shape index (κ1) is 19.3. The predicted molar refractivity (Wildman–Crippen MR) is 104 cm³/mol. The van der Waals surface area contributed by atoms with E-state index < -0.39 is 6.04 Å². The summed E-state index contributed by atoms with van der Waals surface area (Å²) in [7, 11) is 3.47. The number of carbonyl (C=O) groups excluding carboxylic acids is 1. The number of benzene rings is 1. The first-order valence-corrected chi connectivity index (χ1v) is 9.03. The Morgan fingerprint density at radius 3 is 2.57 bits per heavy atom. The lowest BCUT2D eigenvalue weighted by atomic mass is 10.1. The van der Waals surface area contributed by atoms with Crippen molar-refractivity contribution in [1.29, 1.82) is 0 Å². The fourth-order valence-corrected chi connectivity index (χ4v) is 2.90. The van der Waals surface area contributed by atoms with Gasteiger partial charge in [-0.3, -0.25) is 9.59 Å². The van der Waals surface area contributed by atoms with Crippen LogP contribution >= 0.6 is 0 Å². The number of hydrogen-bond donors (Lipinski definition) is 1. The monoisotopic (exact) mass is 381 g/mol. The number of imidazole rings is 1. The number of methoxy groups -OCH3 is 1. The second-order valence-electron chi connectivity index (χ2n) is 6.36. The van der Waals surface area contributed by atoms with Crippen LogP contribution in [-0.2, 0) is 13.6 Å². The summed E-state index contributed by atoms with van der Waals surface area (Å²) < 4.78 is 8.36. The molecule has 146 valence electrons. The quantitative estimate of drug-likeness (QED) is 0.675. The zero-order valence-electron chi connectivity index (χ0n) is 16.1. The fraction of sp³-hybridized carbons (Fsp3) is 0.300. The van der Waals surface area contributed by atoms with E-state index in [4.69, 9.17) is 4.74 Å². The van der Waals surface area contributed by atoms with Crippen molar-refractivity contribution in [2.24, 2.45) is 7.05 Å². The van der Waals surface area contributed by atoms with Gasteiger partial charge in [0.25, 0.3) is 11.5 Å². The summed E-state index contributed by atoms with van der Waals surface area (Å²) in [6.07, 6.45) is 4.25. The highest BCUT2D eigenvalue weighted by Crippen LogP contribution is 2.23. The standard InChI is InChI=1S/C20H23N5O3/c1-4-12-25-17(26)10-9-16(23-25)20(27)22-18(19-21-11-13-24(19)2)14-5-7-15(28-3)8-6-14/h5-11,13,18H,4,12H2,1-3H3,(H,22,27). The van der Waals surface area contributed by atoms with Gasteiger partial charge in [-0.05, 0) is 30.2 Å². The first-order chi connectivity index (χ1) is 13.5. The maximum Gasteiger partial charge on any atom is 0.272 e. The lowest BCUT2D eigenvalue weighted by Gasteiger charge is -2.19. The van der Waals surface area contributed by atoms with E-state index in [1.165, 1.54) is 16.8 Å². The molecule has 2 heterocycles. The molecule has 0 radical (unpaired) electrons. The Morgan fingerprint density at radius 2 is 1.96 bits per heavy atom. The lowest BCUT2D eigenvalue weighted by Crippen LogP contribution is -2.33. The number of hydrogen-bond acceptors (Lipinski definition) is 5. The SMILES string of the molecule is CCCn1nc(C(=O)NC(c2ccc(OC)cc2)c2nccn2C)ccc1=O. The van der Waals surface area contributed by atoms with Gasteiger partial charge in [-0.1, -0.05) is 19.1 Å². The summed E-state index contributed by atoms with van der Waals surface area (Å²) >= 11 is 0. The van der Waals surface area contributed by atoms with E-state index >= 15 is 0 Å². The number of aryl methyl sites for hydroxylation is 2. The molecule has 1 atom stereocenters. The molecule has 0 aliphatic carbocycles. The van der Waals surface area contributed by atoms with Crippen LogP contribution in [0.4, 0.5) is 0 Å². The molecular weight excluding hydrogens is 358 g/mol. The van der Waals surface area contributed by atoms with Gasteiger partial charge in [-0.15, -0.1) is 0 Å². The van der Waals surface area contributed by atoms with Crippen LogP contribution in [0, 0.1) is 0 Å². The summed E-state index contributed by atoms with van der Waals surface area (Å²) in [6.45, 7) is 2.41. The van der Waals surface area contributed by atoms with E-state index in [0.29, 0.717) is 12.4 Å². The number of carbonyl (C=O) groups is 1. The molecule has 0 fully saturated rings. The van der Waals surface area contributed by atoms with Crippen LogP contribution < -0.4 is 15.6 Å². The molecule has 8 nitrogen and oxygen atoms in total. The molecular formula is C20H23N5O3. The van der Waals surface area contributed by atoms with Gasteiger partial charge in [0.15, 0.2) is 0 Å². The molecule has 0 aliphatic heterocycles. The van der Waals surface area contributed by atoms with Crippen LogP contribution in [0.25, 0.3) is 0 Å². The number of aromatic nitrogens is 4. The third-order valence-corrected chi connectivity index (χ3v) is 4.38. The summed E-state index contributed by atoms with van der Waals surface area (Å²) in [5.74, 6) is 1.02. The highest BCUT2D eigenvalue weighted by molar-refractivity contribution is 5.92. The number of rotatable bonds is 7. The molecule has 3 rings (SSSR count). The van der Waals surface area contributed by atoms with Crippen molar-refractivity contribution in [2.45, 2.75) is 25.9 Å². The minimum atomic E-state index is -0.480. The second-order valence-corrected chi connectivity index (χ2v) is 6.36. The highest BCUT2D eigenvalue weighted by atomic mass is 16.5. The van der Waals surface area contributed by atoms with E-state index in [1.807, 2.05) is 49.0 Å². The van der Waals surface area contributed by atoms with Gasteiger partial charge in [0.1, 0.15) is 23.3 Å². The van der Waals surface area contributed by atoms with Crippen molar-refractivity contribution >= 4 is 5.91 Å². The summed E-state index contributed by atoms with van der Waals surface area (Å²) in [6, 6.07) is 9.74.